The van der Waals surface area contributed by atoms with Crippen LogP contribution in [0.2, 0.25) is 0 Å². The Bertz CT molecular complexity index is 429. The van der Waals surface area contributed by atoms with Crippen LogP contribution in [0.5, 0.6) is 5.75 Å². The number of nitrogens with two attached hydrogens (primary N) is 1. The highest BCUT2D eigenvalue weighted by atomic mass is 16.5. The Labute approximate surface area is 116 Å². The molecule has 0 amide bonds. The second kappa shape index (κ2) is 5.93. The Kier molecular flexibility index (Phi) is 4.48. The van der Waals surface area contributed by atoms with Crippen molar-refractivity contribution < 1.29 is 4.74 Å². The van der Waals surface area contributed by atoms with Crippen molar-refractivity contribution in [3.8, 4) is 5.75 Å². The van der Waals surface area contributed by atoms with Gasteiger partial charge in [0.05, 0.1) is 6.61 Å². The highest BCUT2D eigenvalue weighted by molar-refractivity contribution is 5.41. The number of fused-ring (bicyclic) bond motifs is 1. The van der Waals surface area contributed by atoms with Crippen LogP contribution in [0.4, 0.5) is 0 Å². The van der Waals surface area contributed by atoms with Crippen LogP contribution in [0, 0.1) is 11.8 Å². The maximum Gasteiger partial charge on any atom is 0.122 e. The molecule has 2 rings (SSSR count). The number of hydrogen-bond acceptors (Lipinski definition) is 3. The van der Waals surface area contributed by atoms with E-state index in [1.807, 2.05) is 0 Å². The zero-order valence-electron chi connectivity index (χ0n) is 12.5. The molecule has 0 spiro atoms. The van der Waals surface area contributed by atoms with Gasteiger partial charge in [0.2, 0.25) is 0 Å². The van der Waals surface area contributed by atoms with Gasteiger partial charge in [0.15, 0.2) is 0 Å². The van der Waals surface area contributed by atoms with E-state index in [1.54, 1.807) is 0 Å². The normalized spacial score (nSPS) is 17.4. The van der Waals surface area contributed by atoms with E-state index in [4.69, 9.17) is 10.5 Å². The first-order valence-corrected chi connectivity index (χ1v) is 7.16. The highest BCUT2D eigenvalue weighted by Crippen LogP contribution is 2.35. The fraction of sp³-hybridized carbons (Fsp3) is 0.625. The molecule has 0 fully saturated rings. The summed E-state index contributed by atoms with van der Waals surface area (Å²) in [5.74, 6) is 2.09. The van der Waals surface area contributed by atoms with Crippen molar-refractivity contribution in [3.05, 3.63) is 29.3 Å². The number of rotatable bonds is 5. The number of hydrogen-bond donors (Lipinski definition) is 1. The lowest BCUT2D eigenvalue weighted by Crippen LogP contribution is -2.35. The van der Waals surface area contributed by atoms with Gasteiger partial charge in [0.25, 0.3) is 0 Å². The largest absolute Gasteiger partial charge is 0.493 e. The van der Waals surface area contributed by atoms with Crippen LogP contribution in [0.25, 0.3) is 0 Å². The third-order valence-corrected chi connectivity index (χ3v) is 4.15. The molecule has 106 valence electrons. The first-order chi connectivity index (χ1) is 9.04. The van der Waals surface area contributed by atoms with Gasteiger partial charge in [0.1, 0.15) is 5.75 Å². The molecule has 1 aliphatic heterocycles. The van der Waals surface area contributed by atoms with E-state index >= 15 is 0 Å². The summed E-state index contributed by atoms with van der Waals surface area (Å²) in [7, 11) is 4.28. The Hall–Kier alpha value is -1.06. The minimum Gasteiger partial charge on any atom is -0.493 e. The first kappa shape index (κ1) is 14.4. The second-order valence-corrected chi connectivity index (χ2v) is 6.02. The standard InChI is InChI=1S/C16H26N2O/c1-11(2)14(10-17)16(18(3)4)13-5-6-15-12(9-13)7-8-19-15/h5-6,9,11,14,16H,7-8,10,17H2,1-4H3. The minimum atomic E-state index is 0.371. The van der Waals surface area contributed by atoms with Gasteiger partial charge in [0, 0.05) is 12.5 Å². The van der Waals surface area contributed by atoms with Crippen LogP contribution in [-0.4, -0.2) is 32.1 Å². The van der Waals surface area contributed by atoms with Crippen LogP contribution in [-0.2, 0) is 6.42 Å². The summed E-state index contributed by atoms with van der Waals surface area (Å²) < 4.78 is 5.59. The molecule has 1 heterocycles. The van der Waals surface area contributed by atoms with E-state index in [2.05, 4.69) is 51.0 Å². The van der Waals surface area contributed by atoms with Crippen molar-refractivity contribution in [1.82, 2.24) is 4.90 Å². The molecular weight excluding hydrogens is 236 g/mol. The fourth-order valence-corrected chi connectivity index (χ4v) is 3.08. The Balaban J connectivity index is 2.33. The average Bonchev–Trinajstić information content (AvgIpc) is 2.81. The van der Waals surface area contributed by atoms with Crippen LogP contribution in [0.1, 0.15) is 31.0 Å². The van der Waals surface area contributed by atoms with Gasteiger partial charge < -0.3 is 15.4 Å². The zero-order chi connectivity index (χ0) is 14.0. The van der Waals surface area contributed by atoms with Crippen LogP contribution >= 0.6 is 0 Å². The number of ether oxygens (including phenoxy) is 1. The van der Waals surface area contributed by atoms with Crippen molar-refractivity contribution in [2.75, 3.05) is 27.2 Å². The topological polar surface area (TPSA) is 38.5 Å². The minimum absolute atomic E-state index is 0.371. The van der Waals surface area contributed by atoms with E-state index in [9.17, 15) is 0 Å². The van der Waals surface area contributed by atoms with Gasteiger partial charge in [-0.2, -0.15) is 0 Å². The average molecular weight is 262 g/mol. The fourth-order valence-electron chi connectivity index (χ4n) is 3.08. The SMILES string of the molecule is CC(C)C(CN)C(c1ccc2c(c1)CCO2)N(C)C. The maximum absolute atomic E-state index is 6.01. The molecule has 2 N–H and O–H groups in total. The summed E-state index contributed by atoms with van der Waals surface area (Å²) in [6.45, 7) is 6.04. The molecule has 0 radical (unpaired) electrons. The second-order valence-electron chi connectivity index (χ2n) is 6.02. The molecule has 1 aliphatic rings. The Morgan fingerprint density at radius 3 is 2.63 bits per heavy atom. The van der Waals surface area contributed by atoms with Crippen molar-refractivity contribution in [2.24, 2.45) is 17.6 Å². The molecule has 2 atom stereocenters. The molecule has 0 aromatic heterocycles. The molecule has 2 unspecified atom stereocenters. The monoisotopic (exact) mass is 262 g/mol. The lowest BCUT2D eigenvalue weighted by Gasteiger charge is -2.34. The van der Waals surface area contributed by atoms with E-state index in [0.717, 1.165) is 18.8 Å². The molecule has 0 aliphatic carbocycles. The van der Waals surface area contributed by atoms with E-state index in [-0.39, 0.29) is 0 Å². The van der Waals surface area contributed by atoms with Crippen molar-refractivity contribution in [1.29, 1.82) is 0 Å². The summed E-state index contributed by atoms with van der Waals surface area (Å²) >= 11 is 0. The summed E-state index contributed by atoms with van der Waals surface area (Å²) in [4.78, 5) is 2.29. The van der Waals surface area contributed by atoms with Gasteiger partial charge >= 0.3 is 0 Å². The van der Waals surface area contributed by atoms with Crippen molar-refractivity contribution in [2.45, 2.75) is 26.3 Å². The highest BCUT2D eigenvalue weighted by Gasteiger charge is 2.27. The summed E-state index contributed by atoms with van der Waals surface area (Å²) in [6.07, 6.45) is 1.03. The summed E-state index contributed by atoms with van der Waals surface area (Å²) in [5.41, 5.74) is 8.71. The molecule has 0 saturated carbocycles. The molecule has 1 aromatic rings. The van der Waals surface area contributed by atoms with Crippen molar-refractivity contribution >= 4 is 0 Å². The van der Waals surface area contributed by atoms with Gasteiger partial charge in [-0.3, -0.25) is 0 Å². The molecule has 1 aromatic carbocycles. The predicted octanol–water partition coefficient (Wildman–Crippen LogP) is 2.46. The van der Waals surface area contributed by atoms with Crippen LogP contribution < -0.4 is 10.5 Å². The molecule has 0 saturated heterocycles. The summed E-state index contributed by atoms with van der Waals surface area (Å²) in [5, 5.41) is 0. The van der Waals surface area contributed by atoms with E-state index < -0.39 is 0 Å². The predicted molar refractivity (Wildman–Crippen MR) is 79.5 cm³/mol. The molecular formula is C16H26N2O. The zero-order valence-corrected chi connectivity index (χ0v) is 12.5. The lowest BCUT2D eigenvalue weighted by molar-refractivity contribution is 0.175. The van der Waals surface area contributed by atoms with Crippen molar-refractivity contribution in [3.63, 3.8) is 0 Å². The van der Waals surface area contributed by atoms with Gasteiger partial charge in [-0.1, -0.05) is 26.0 Å². The van der Waals surface area contributed by atoms with Crippen LogP contribution in [0.3, 0.4) is 0 Å². The van der Waals surface area contributed by atoms with Gasteiger partial charge in [-0.05, 0) is 49.7 Å². The molecule has 0 bridgehead atoms. The quantitative estimate of drug-likeness (QED) is 0.886. The third-order valence-electron chi connectivity index (χ3n) is 4.15. The van der Waals surface area contributed by atoms with Crippen LogP contribution in [0.15, 0.2) is 18.2 Å². The van der Waals surface area contributed by atoms with E-state index in [1.165, 1.54) is 11.1 Å². The molecule has 3 heteroatoms. The van der Waals surface area contributed by atoms with Gasteiger partial charge in [-0.15, -0.1) is 0 Å². The maximum atomic E-state index is 6.01. The Morgan fingerprint density at radius 2 is 2.05 bits per heavy atom. The lowest BCUT2D eigenvalue weighted by atomic mass is 9.83. The number of nitrogens with zero attached hydrogens (tertiary/aromatic N) is 1. The third kappa shape index (κ3) is 2.93. The van der Waals surface area contributed by atoms with E-state index in [0.29, 0.717) is 24.4 Å². The smallest absolute Gasteiger partial charge is 0.122 e. The molecule has 3 nitrogen and oxygen atoms in total. The van der Waals surface area contributed by atoms with Gasteiger partial charge in [-0.25, -0.2) is 0 Å². The first-order valence-electron chi connectivity index (χ1n) is 7.16. The summed E-state index contributed by atoms with van der Waals surface area (Å²) in [6, 6.07) is 6.98. The molecule has 19 heavy (non-hydrogen) atoms. The number of benzene rings is 1. The Morgan fingerprint density at radius 1 is 1.32 bits per heavy atom.